The quantitative estimate of drug-likeness (QED) is 0.326. The lowest BCUT2D eigenvalue weighted by Gasteiger charge is -2.36. The normalized spacial score (nSPS) is 17.2. The molecule has 2 aliphatic heterocycles. The molecule has 2 aromatic rings. The van der Waals surface area contributed by atoms with Gasteiger partial charge >= 0.3 is 0 Å². The largest absolute Gasteiger partial charge is 0.349 e. The minimum Gasteiger partial charge on any atom is -0.349 e. The highest BCUT2D eigenvalue weighted by Crippen LogP contribution is 2.10. The number of aliphatic imine (C=N–C) groups is 1. The lowest BCUT2D eigenvalue weighted by atomic mass is 10.2. The summed E-state index contributed by atoms with van der Waals surface area (Å²) in [6.07, 6.45) is 2.27. The highest BCUT2D eigenvalue weighted by molar-refractivity contribution is 14.0. The maximum absolute atomic E-state index is 12.5. The molecular formula is C23H35IN8O. The smallest absolute Gasteiger partial charge is 0.236 e. The predicted molar refractivity (Wildman–Crippen MR) is 139 cm³/mol. The van der Waals surface area contributed by atoms with Crippen molar-refractivity contribution < 1.29 is 4.79 Å². The molecule has 0 saturated carbocycles. The molecular weight excluding hydrogens is 531 g/mol. The number of likely N-dealkylation sites (tertiary alicyclic amines) is 1. The summed E-state index contributed by atoms with van der Waals surface area (Å²) in [5.41, 5.74) is 1.18. The van der Waals surface area contributed by atoms with Crippen molar-refractivity contribution in [1.82, 2.24) is 34.8 Å². The van der Waals surface area contributed by atoms with E-state index in [1.54, 1.807) is 0 Å². The van der Waals surface area contributed by atoms with Crippen LogP contribution < -0.4 is 5.32 Å². The van der Waals surface area contributed by atoms with E-state index in [1.807, 2.05) is 41.6 Å². The van der Waals surface area contributed by atoms with Crippen molar-refractivity contribution in [2.75, 3.05) is 45.8 Å². The molecule has 0 unspecified atom stereocenters. The van der Waals surface area contributed by atoms with Crippen LogP contribution in [0, 0.1) is 6.92 Å². The molecule has 0 spiro atoms. The van der Waals surface area contributed by atoms with E-state index in [2.05, 4.69) is 37.4 Å². The van der Waals surface area contributed by atoms with Crippen molar-refractivity contribution in [3.05, 3.63) is 47.5 Å². The van der Waals surface area contributed by atoms with E-state index < -0.39 is 0 Å². The molecule has 33 heavy (non-hydrogen) atoms. The fourth-order valence-corrected chi connectivity index (χ4v) is 4.16. The minimum atomic E-state index is 0. The van der Waals surface area contributed by atoms with Crippen LogP contribution in [0.5, 0.6) is 0 Å². The number of carbonyl (C=O) groups is 1. The van der Waals surface area contributed by atoms with Crippen LogP contribution in [-0.4, -0.2) is 87.1 Å². The fourth-order valence-electron chi connectivity index (χ4n) is 4.16. The third-order valence-electron chi connectivity index (χ3n) is 6.33. The molecule has 2 saturated heterocycles. The predicted octanol–water partition coefficient (Wildman–Crippen LogP) is 1.63. The SMILES string of the molecule is Cc1nnc(CNC(=NCc2ccccc2)N2CCN(CC(=O)N3CCCC3)CC2)n1C.I. The number of nitrogens with zero attached hydrogens (tertiary/aromatic N) is 7. The Kier molecular flexibility index (Phi) is 9.48. The van der Waals surface area contributed by atoms with Gasteiger partial charge in [0.1, 0.15) is 5.82 Å². The Balaban J connectivity index is 0.00000306. The topological polar surface area (TPSA) is 81.9 Å². The van der Waals surface area contributed by atoms with Gasteiger partial charge in [-0.15, -0.1) is 34.2 Å². The monoisotopic (exact) mass is 566 g/mol. The zero-order valence-electron chi connectivity index (χ0n) is 19.6. The first-order chi connectivity index (χ1) is 15.6. The Bertz CT molecular complexity index is 918. The number of nitrogens with one attached hydrogen (secondary N) is 1. The van der Waals surface area contributed by atoms with E-state index in [1.165, 1.54) is 5.56 Å². The highest BCUT2D eigenvalue weighted by Gasteiger charge is 2.24. The van der Waals surface area contributed by atoms with E-state index in [0.29, 0.717) is 19.6 Å². The van der Waals surface area contributed by atoms with Crippen molar-refractivity contribution in [1.29, 1.82) is 0 Å². The molecule has 0 aliphatic carbocycles. The fraction of sp³-hybridized carbons (Fsp3) is 0.565. The molecule has 3 heterocycles. The number of aromatic nitrogens is 3. The summed E-state index contributed by atoms with van der Waals surface area (Å²) in [5.74, 6) is 2.91. The molecule has 1 amide bonds. The van der Waals surface area contributed by atoms with E-state index in [0.717, 1.165) is 69.7 Å². The van der Waals surface area contributed by atoms with Crippen LogP contribution in [0.25, 0.3) is 0 Å². The van der Waals surface area contributed by atoms with Crippen LogP contribution in [0.3, 0.4) is 0 Å². The summed E-state index contributed by atoms with van der Waals surface area (Å²) in [7, 11) is 1.98. The average Bonchev–Trinajstić information content (AvgIpc) is 3.47. The zero-order chi connectivity index (χ0) is 22.3. The first-order valence-corrected chi connectivity index (χ1v) is 11.5. The van der Waals surface area contributed by atoms with Gasteiger partial charge in [-0.3, -0.25) is 9.69 Å². The van der Waals surface area contributed by atoms with E-state index in [9.17, 15) is 4.79 Å². The van der Waals surface area contributed by atoms with Crippen LogP contribution >= 0.6 is 24.0 Å². The summed E-state index contributed by atoms with van der Waals surface area (Å²) < 4.78 is 1.99. The number of halogens is 1. The maximum atomic E-state index is 12.5. The Morgan fingerprint density at radius 1 is 1.00 bits per heavy atom. The number of carbonyl (C=O) groups excluding carboxylic acids is 1. The van der Waals surface area contributed by atoms with Crippen molar-refractivity contribution in [2.24, 2.45) is 12.0 Å². The molecule has 2 aliphatic rings. The van der Waals surface area contributed by atoms with Crippen molar-refractivity contribution in [3.8, 4) is 0 Å². The van der Waals surface area contributed by atoms with E-state index in [4.69, 9.17) is 4.99 Å². The number of hydrogen-bond donors (Lipinski definition) is 1. The molecule has 1 aromatic carbocycles. The molecule has 180 valence electrons. The molecule has 1 N–H and O–H groups in total. The maximum Gasteiger partial charge on any atom is 0.236 e. The number of rotatable bonds is 6. The Morgan fingerprint density at radius 2 is 1.70 bits per heavy atom. The highest BCUT2D eigenvalue weighted by atomic mass is 127. The summed E-state index contributed by atoms with van der Waals surface area (Å²) in [6, 6.07) is 10.3. The molecule has 1 aromatic heterocycles. The third kappa shape index (κ3) is 6.89. The number of amides is 1. The summed E-state index contributed by atoms with van der Waals surface area (Å²) in [4.78, 5) is 23.9. The van der Waals surface area contributed by atoms with Crippen molar-refractivity contribution >= 4 is 35.8 Å². The van der Waals surface area contributed by atoms with Gasteiger partial charge in [0.2, 0.25) is 5.91 Å². The van der Waals surface area contributed by atoms with Crippen LogP contribution in [0.15, 0.2) is 35.3 Å². The summed E-state index contributed by atoms with van der Waals surface area (Å²) in [5, 5.41) is 11.9. The van der Waals surface area contributed by atoms with Gasteiger partial charge in [-0.05, 0) is 25.3 Å². The Morgan fingerprint density at radius 3 is 2.33 bits per heavy atom. The number of guanidine groups is 1. The van der Waals surface area contributed by atoms with E-state index >= 15 is 0 Å². The third-order valence-corrected chi connectivity index (χ3v) is 6.33. The first kappa shape index (κ1) is 25.4. The lowest BCUT2D eigenvalue weighted by Crippen LogP contribution is -2.54. The molecule has 0 radical (unpaired) electrons. The number of hydrogen-bond acceptors (Lipinski definition) is 5. The first-order valence-electron chi connectivity index (χ1n) is 11.5. The van der Waals surface area contributed by atoms with Crippen LogP contribution in [-0.2, 0) is 24.9 Å². The van der Waals surface area contributed by atoms with Gasteiger partial charge in [-0.25, -0.2) is 4.99 Å². The van der Waals surface area contributed by atoms with Gasteiger partial charge in [-0.2, -0.15) is 0 Å². The molecule has 9 nitrogen and oxygen atoms in total. The average molecular weight is 566 g/mol. The van der Waals surface area contributed by atoms with Gasteiger partial charge in [0.05, 0.1) is 19.6 Å². The van der Waals surface area contributed by atoms with Crippen LogP contribution in [0.4, 0.5) is 0 Å². The second-order valence-electron chi connectivity index (χ2n) is 8.55. The Hall–Kier alpha value is -2.21. The number of benzene rings is 1. The molecule has 4 rings (SSSR count). The van der Waals surface area contributed by atoms with E-state index in [-0.39, 0.29) is 29.9 Å². The van der Waals surface area contributed by atoms with Gasteiger partial charge in [-0.1, -0.05) is 30.3 Å². The molecule has 0 bridgehead atoms. The van der Waals surface area contributed by atoms with Crippen molar-refractivity contribution in [2.45, 2.75) is 32.9 Å². The zero-order valence-corrected chi connectivity index (χ0v) is 21.9. The summed E-state index contributed by atoms with van der Waals surface area (Å²) >= 11 is 0. The lowest BCUT2D eigenvalue weighted by molar-refractivity contribution is -0.131. The van der Waals surface area contributed by atoms with Crippen molar-refractivity contribution in [3.63, 3.8) is 0 Å². The minimum absolute atomic E-state index is 0. The molecule has 2 fully saturated rings. The van der Waals surface area contributed by atoms with Gasteiger partial charge < -0.3 is 19.7 Å². The standard InChI is InChI=1S/C23H34N8O.HI/c1-19-26-27-21(28(19)2)17-25-23(24-16-20-8-4-3-5-9-20)31-14-12-29(13-15-31)18-22(32)30-10-6-7-11-30;/h3-5,8-9H,6-7,10-18H2,1-2H3,(H,24,25);1H. The number of piperazine rings is 1. The van der Waals surface area contributed by atoms with Gasteiger partial charge in [0, 0.05) is 46.3 Å². The number of aryl methyl sites for hydroxylation is 1. The van der Waals surface area contributed by atoms with Gasteiger partial charge in [0.15, 0.2) is 11.8 Å². The van der Waals surface area contributed by atoms with Crippen LogP contribution in [0.1, 0.15) is 30.1 Å². The van der Waals surface area contributed by atoms with Gasteiger partial charge in [0.25, 0.3) is 0 Å². The second-order valence-corrected chi connectivity index (χ2v) is 8.55. The van der Waals surface area contributed by atoms with Crippen LogP contribution in [0.2, 0.25) is 0 Å². The molecule has 10 heteroatoms. The Labute approximate surface area is 213 Å². The molecule has 0 atom stereocenters. The summed E-state index contributed by atoms with van der Waals surface area (Å²) in [6.45, 7) is 8.88. The second kappa shape index (κ2) is 12.3.